The number of aromatic nitrogens is 2. The van der Waals surface area contributed by atoms with Crippen molar-refractivity contribution in [2.75, 3.05) is 25.0 Å². The van der Waals surface area contributed by atoms with Crippen molar-refractivity contribution < 1.29 is 9.53 Å². The van der Waals surface area contributed by atoms with Gasteiger partial charge >= 0.3 is 0 Å². The lowest BCUT2D eigenvalue weighted by Crippen LogP contribution is -2.42. The van der Waals surface area contributed by atoms with Crippen molar-refractivity contribution in [2.45, 2.75) is 39.8 Å². The van der Waals surface area contributed by atoms with Gasteiger partial charge in [0, 0.05) is 55.9 Å². The molecule has 1 N–H and O–H groups in total. The quantitative estimate of drug-likeness (QED) is 0.888. The number of carbonyl (C=O) groups excluding carboxylic acids is 1. The fraction of sp³-hybridized carbons (Fsp3) is 0.500. The molecular formula is C18H24N4O2S. The third-order valence-electron chi connectivity index (χ3n) is 4.45. The Labute approximate surface area is 152 Å². The highest BCUT2D eigenvalue weighted by atomic mass is 32.1. The molecule has 1 aliphatic heterocycles. The minimum absolute atomic E-state index is 0.0876. The van der Waals surface area contributed by atoms with E-state index in [0.717, 1.165) is 43.2 Å². The molecule has 2 aromatic heterocycles. The lowest BCUT2D eigenvalue weighted by Gasteiger charge is -2.33. The van der Waals surface area contributed by atoms with Crippen molar-refractivity contribution in [2.24, 2.45) is 0 Å². The molecule has 1 saturated heterocycles. The summed E-state index contributed by atoms with van der Waals surface area (Å²) in [7, 11) is 0. The van der Waals surface area contributed by atoms with E-state index in [-0.39, 0.29) is 12.0 Å². The molecule has 0 unspecified atom stereocenters. The molecule has 3 heterocycles. The average Bonchev–Trinajstić information content (AvgIpc) is 2.98. The van der Waals surface area contributed by atoms with Gasteiger partial charge in [0.05, 0.1) is 12.7 Å². The van der Waals surface area contributed by atoms with Gasteiger partial charge in [-0.25, -0.2) is 4.98 Å². The highest BCUT2D eigenvalue weighted by molar-refractivity contribution is 7.15. The number of thiazole rings is 1. The molecule has 2 aromatic rings. The number of nitrogens with zero attached hydrogens (tertiary/aromatic N) is 3. The molecule has 0 radical (unpaired) electrons. The molecule has 134 valence electrons. The second-order valence-corrected chi connectivity index (χ2v) is 7.54. The summed E-state index contributed by atoms with van der Waals surface area (Å²) in [5.74, 6) is -0.0876. The Balaban J connectivity index is 1.58. The van der Waals surface area contributed by atoms with Gasteiger partial charge in [-0.05, 0) is 31.0 Å². The van der Waals surface area contributed by atoms with Crippen LogP contribution in [0.2, 0.25) is 0 Å². The van der Waals surface area contributed by atoms with Crippen molar-refractivity contribution in [1.29, 1.82) is 0 Å². The Morgan fingerprint density at radius 3 is 3.08 bits per heavy atom. The highest BCUT2D eigenvalue weighted by Gasteiger charge is 2.22. The summed E-state index contributed by atoms with van der Waals surface area (Å²) in [6.07, 6.45) is 4.82. The topological polar surface area (TPSA) is 67.4 Å². The van der Waals surface area contributed by atoms with E-state index >= 15 is 0 Å². The standard InChI is InChI=1S/C18H24N4O2S/c1-12-13(2)19-5-4-15(12)8-16-10-22(6-7-24-16)11-17-9-20-18(25-17)21-14(3)23/h4-5,9,16H,6-8,10-11H2,1-3H3,(H,20,21,23)/t16-/m1/s1. The van der Waals surface area contributed by atoms with Gasteiger partial charge < -0.3 is 10.1 Å². The van der Waals surface area contributed by atoms with Crippen LogP contribution in [0.25, 0.3) is 0 Å². The van der Waals surface area contributed by atoms with Crippen LogP contribution in [0.3, 0.4) is 0 Å². The van der Waals surface area contributed by atoms with Gasteiger partial charge in [0.25, 0.3) is 0 Å². The van der Waals surface area contributed by atoms with Crippen LogP contribution in [-0.4, -0.2) is 46.6 Å². The smallest absolute Gasteiger partial charge is 0.223 e. The van der Waals surface area contributed by atoms with Gasteiger partial charge in [0.1, 0.15) is 0 Å². The summed E-state index contributed by atoms with van der Waals surface area (Å²) in [6, 6.07) is 2.09. The van der Waals surface area contributed by atoms with Crippen molar-refractivity contribution in [1.82, 2.24) is 14.9 Å². The number of carbonyl (C=O) groups is 1. The number of morpholine rings is 1. The van der Waals surface area contributed by atoms with E-state index in [2.05, 4.69) is 33.2 Å². The Bertz CT molecular complexity index is 746. The second-order valence-electron chi connectivity index (χ2n) is 6.43. The second kappa shape index (κ2) is 8.03. The molecule has 0 aromatic carbocycles. The number of nitrogens with one attached hydrogen (secondary N) is 1. The van der Waals surface area contributed by atoms with E-state index in [4.69, 9.17) is 4.74 Å². The van der Waals surface area contributed by atoms with Gasteiger partial charge in [-0.3, -0.25) is 14.7 Å². The fourth-order valence-corrected chi connectivity index (χ4v) is 3.92. The first kappa shape index (κ1) is 18.0. The molecule has 1 atom stereocenters. The molecule has 3 rings (SSSR count). The monoisotopic (exact) mass is 360 g/mol. The number of amides is 1. The molecule has 7 heteroatoms. The maximum absolute atomic E-state index is 11.1. The Kier molecular flexibility index (Phi) is 5.78. The number of ether oxygens (including phenoxy) is 1. The lowest BCUT2D eigenvalue weighted by molar-refractivity contribution is -0.114. The molecule has 25 heavy (non-hydrogen) atoms. The normalized spacial score (nSPS) is 18.3. The molecule has 0 aliphatic carbocycles. The maximum Gasteiger partial charge on any atom is 0.223 e. The lowest BCUT2D eigenvalue weighted by atomic mass is 10.0. The number of hydrogen-bond acceptors (Lipinski definition) is 6. The number of aryl methyl sites for hydroxylation is 1. The molecule has 1 amide bonds. The third-order valence-corrected chi connectivity index (χ3v) is 5.35. The zero-order valence-electron chi connectivity index (χ0n) is 14.9. The third kappa shape index (κ3) is 4.84. The molecule has 6 nitrogen and oxygen atoms in total. The molecule has 1 aliphatic rings. The first-order chi connectivity index (χ1) is 12.0. The highest BCUT2D eigenvalue weighted by Crippen LogP contribution is 2.22. The zero-order chi connectivity index (χ0) is 17.8. The van der Waals surface area contributed by atoms with Crippen LogP contribution >= 0.6 is 11.3 Å². The van der Waals surface area contributed by atoms with Crippen molar-refractivity contribution in [3.8, 4) is 0 Å². The van der Waals surface area contributed by atoms with Gasteiger partial charge in [0.2, 0.25) is 5.91 Å². The van der Waals surface area contributed by atoms with Crippen LogP contribution in [0, 0.1) is 13.8 Å². The summed E-state index contributed by atoms with van der Waals surface area (Å²) in [4.78, 5) is 23.2. The summed E-state index contributed by atoms with van der Waals surface area (Å²) >= 11 is 1.53. The SMILES string of the molecule is CC(=O)Nc1ncc(CN2CCO[C@H](Cc3ccnc(C)c3C)C2)s1. The Morgan fingerprint density at radius 2 is 2.28 bits per heavy atom. The maximum atomic E-state index is 11.1. The van der Waals surface area contributed by atoms with Gasteiger partial charge in [-0.1, -0.05) is 0 Å². The van der Waals surface area contributed by atoms with Gasteiger partial charge in [-0.2, -0.15) is 0 Å². The number of anilines is 1. The van der Waals surface area contributed by atoms with Crippen LogP contribution in [0.5, 0.6) is 0 Å². The van der Waals surface area contributed by atoms with Crippen molar-refractivity contribution >= 4 is 22.4 Å². The molecular weight excluding hydrogens is 336 g/mol. The van der Waals surface area contributed by atoms with E-state index < -0.39 is 0 Å². The molecule has 0 spiro atoms. The minimum atomic E-state index is -0.0876. The van der Waals surface area contributed by atoms with Gasteiger partial charge in [0.15, 0.2) is 5.13 Å². The summed E-state index contributed by atoms with van der Waals surface area (Å²) in [5.41, 5.74) is 3.65. The summed E-state index contributed by atoms with van der Waals surface area (Å²) in [6.45, 7) is 9.06. The van der Waals surface area contributed by atoms with Crippen LogP contribution in [-0.2, 0) is 22.5 Å². The number of rotatable bonds is 5. The molecule has 1 fully saturated rings. The predicted octanol–water partition coefficient (Wildman–Crippen LogP) is 2.56. The van der Waals surface area contributed by atoms with Crippen LogP contribution in [0.1, 0.15) is 28.6 Å². The predicted molar refractivity (Wildman–Crippen MR) is 98.8 cm³/mol. The van der Waals surface area contributed by atoms with Crippen LogP contribution < -0.4 is 5.32 Å². The summed E-state index contributed by atoms with van der Waals surface area (Å²) < 4.78 is 5.97. The van der Waals surface area contributed by atoms with E-state index in [1.165, 1.54) is 29.4 Å². The first-order valence-electron chi connectivity index (χ1n) is 8.48. The van der Waals surface area contributed by atoms with Crippen LogP contribution in [0.4, 0.5) is 5.13 Å². The average molecular weight is 360 g/mol. The Morgan fingerprint density at radius 1 is 1.44 bits per heavy atom. The van der Waals surface area contributed by atoms with E-state index in [0.29, 0.717) is 5.13 Å². The largest absolute Gasteiger partial charge is 0.375 e. The van der Waals surface area contributed by atoms with Crippen molar-refractivity contribution in [3.05, 3.63) is 40.2 Å². The Hall–Kier alpha value is -1.83. The fourth-order valence-electron chi connectivity index (χ4n) is 3.02. The van der Waals surface area contributed by atoms with Crippen LogP contribution in [0.15, 0.2) is 18.5 Å². The van der Waals surface area contributed by atoms with E-state index in [1.807, 2.05) is 19.3 Å². The first-order valence-corrected chi connectivity index (χ1v) is 9.30. The zero-order valence-corrected chi connectivity index (χ0v) is 15.7. The summed E-state index contributed by atoms with van der Waals surface area (Å²) in [5, 5.41) is 3.40. The number of pyridine rings is 1. The minimum Gasteiger partial charge on any atom is -0.375 e. The van der Waals surface area contributed by atoms with Crippen molar-refractivity contribution in [3.63, 3.8) is 0 Å². The number of hydrogen-bond donors (Lipinski definition) is 1. The van der Waals surface area contributed by atoms with E-state index in [9.17, 15) is 4.79 Å². The molecule has 0 saturated carbocycles. The van der Waals surface area contributed by atoms with E-state index in [1.54, 1.807) is 0 Å². The molecule has 0 bridgehead atoms. The van der Waals surface area contributed by atoms with Gasteiger partial charge in [-0.15, -0.1) is 11.3 Å².